The number of hydrogen-bond donors (Lipinski definition) is 1. The van der Waals surface area contributed by atoms with Crippen LogP contribution in [0.25, 0.3) is 11.0 Å². The van der Waals surface area contributed by atoms with Gasteiger partial charge in [-0.25, -0.2) is 4.68 Å². The molecule has 0 radical (unpaired) electrons. The molecule has 1 unspecified atom stereocenters. The maximum absolute atomic E-state index is 14.2. The lowest BCUT2D eigenvalue weighted by Crippen LogP contribution is -2.51. The van der Waals surface area contributed by atoms with E-state index in [1.807, 2.05) is 76.2 Å². The van der Waals surface area contributed by atoms with Crippen molar-refractivity contribution in [3.05, 3.63) is 77.9 Å². The molecule has 0 spiro atoms. The summed E-state index contributed by atoms with van der Waals surface area (Å²) < 4.78 is 12.7. The summed E-state index contributed by atoms with van der Waals surface area (Å²) in [5.74, 6) is 0.509. The summed E-state index contributed by atoms with van der Waals surface area (Å²) in [6, 6.07) is 19.4. The van der Waals surface area contributed by atoms with Crippen molar-refractivity contribution in [2.24, 2.45) is 0 Å². The lowest BCUT2D eigenvalue weighted by molar-refractivity contribution is -0.128. The highest BCUT2D eigenvalue weighted by molar-refractivity contribution is 6.02. The molecule has 0 fully saturated rings. The number of aromatic nitrogens is 3. The second-order valence-electron chi connectivity index (χ2n) is 10.0. The Balaban J connectivity index is 1.63. The first-order chi connectivity index (χ1) is 18.3. The van der Waals surface area contributed by atoms with Crippen LogP contribution in [0, 0.1) is 6.92 Å². The number of aryl methyl sites for hydroxylation is 1. The highest BCUT2D eigenvalue weighted by Gasteiger charge is 2.36. The van der Waals surface area contributed by atoms with Crippen LogP contribution >= 0.6 is 0 Å². The number of para-hydroxylation sites is 1. The number of fused-ring (bicyclic) bond motifs is 2. The first-order valence-electron chi connectivity index (χ1n) is 12.6. The van der Waals surface area contributed by atoms with E-state index >= 15 is 0 Å². The summed E-state index contributed by atoms with van der Waals surface area (Å²) in [5.41, 5.74) is 3.09. The summed E-state index contributed by atoms with van der Waals surface area (Å²) in [4.78, 5) is 29.8. The Morgan fingerprint density at radius 2 is 1.79 bits per heavy atom. The van der Waals surface area contributed by atoms with Crippen LogP contribution in [-0.2, 0) is 16.1 Å². The average Bonchev–Trinajstić information content (AvgIpc) is 3.54. The fourth-order valence-corrected chi connectivity index (χ4v) is 4.49. The van der Waals surface area contributed by atoms with E-state index < -0.39 is 11.6 Å². The largest absolute Gasteiger partial charge is 0.454 e. The quantitative estimate of drug-likeness (QED) is 0.371. The van der Waals surface area contributed by atoms with E-state index in [4.69, 9.17) is 9.47 Å². The third-order valence-corrected chi connectivity index (χ3v) is 6.94. The second kappa shape index (κ2) is 10.2. The van der Waals surface area contributed by atoms with Gasteiger partial charge in [-0.3, -0.25) is 14.5 Å². The number of carbonyl (C=O) groups excluding carboxylic acids is 2. The van der Waals surface area contributed by atoms with Crippen LogP contribution in [-0.4, -0.2) is 39.1 Å². The molecule has 9 heteroatoms. The Morgan fingerprint density at radius 1 is 1.05 bits per heavy atom. The zero-order valence-corrected chi connectivity index (χ0v) is 22.0. The SMILES string of the molecule is CCC(C)(C)NC(=O)C(c1ccccc1C)N(C(=O)Cn1nnc2ccccc21)c1ccc2c(c1)OCO2. The number of amides is 2. The molecular formula is C29H31N5O4. The molecule has 196 valence electrons. The molecule has 9 nitrogen and oxygen atoms in total. The molecule has 1 aromatic heterocycles. The van der Waals surface area contributed by atoms with Crippen molar-refractivity contribution in [1.82, 2.24) is 20.3 Å². The minimum absolute atomic E-state index is 0.101. The molecule has 1 aliphatic heterocycles. The van der Waals surface area contributed by atoms with Crippen molar-refractivity contribution in [3.63, 3.8) is 0 Å². The predicted octanol–water partition coefficient (Wildman–Crippen LogP) is 4.55. The van der Waals surface area contributed by atoms with Gasteiger partial charge < -0.3 is 14.8 Å². The van der Waals surface area contributed by atoms with Gasteiger partial charge in [0, 0.05) is 17.3 Å². The number of benzene rings is 3. The smallest absolute Gasteiger partial charge is 0.249 e. The Bertz CT molecular complexity index is 1500. The summed E-state index contributed by atoms with van der Waals surface area (Å²) in [7, 11) is 0. The van der Waals surface area contributed by atoms with Crippen molar-refractivity contribution < 1.29 is 19.1 Å². The number of hydrogen-bond acceptors (Lipinski definition) is 6. The number of nitrogens with one attached hydrogen (secondary N) is 1. The second-order valence-corrected chi connectivity index (χ2v) is 10.0. The number of carbonyl (C=O) groups is 2. The van der Waals surface area contributed by atoms with Gasteiger partial charge in [0.1, 0.15) is 18.1 Å². The van der Waals surface area contributed by atoms with Gasteiger partial charge in [0.05, 0.1) is 5.52 Å². The van der Waals surface area contributed by atoms with Gasteiger partial charge in [-0.15, -0.1) is 5.10 Å². The van der Waals surface area contributed by atoms with E-state index in [1.165, 1.54) is 4.90 Å². The highest BCUT2D eigenvalue weighted by atomic mass is 16.7. The third kappa shape index (κ3) is 4.91. The van der Waals surface area contributed by atoms with Gasteiger partial charge in [0.15, 0.2) is 11.5 Å². The van der Waals surface area contributed by atoms with Crippen LogP contribution in [0.15, 0.2) is 66.7 Å². The van der Waals surface area contributed by atoms with Crippen molar-refractivity contribution >= 4 is 28.5 Å². The Hall–Kier alpha value is -4.40. The normalized spacial score (nSPS) is 13.4. The van der Waals surface area contributed by atoms with E-state index in [1.54, 1.807) is 22.9 Å². The van der Waals surface area contributed by atoms with Crippen molar-refractivity contribution in [2.45, 2.75) is 52.2 Å². The maximum atomic E-state index is 14.2. The van der Waals surface area contributed by atoms with E-state index in [-0.39, 0.29) is 25.2 Å². The third-order valence-electron chi connectivity index (χ3n) is 6.94. The molecule has 2 amide bonds. The fourth-order valence-electron chi connectivity index (χ4n) is 4.49. The van der Waals surface area contributed by atoms with Crippen LogP contribution in [0.4, 0.5) is 5.69 Å². The van der Waals surface area contributed by atoms with Gasteiger partial charge in [-0.05, 0) is 62.6 Å². The maximum Gasteiger partial charge on any atom is 0.249 e. The Kier molecular flexibility index (Phi) is 6.75. The van der Waals surface area contributed by atoms with E-state index in [9.17, 15) is 9.59 Å². The first kappa shape index (κ1) is 25.3. The molecule has 1 atom stereocenters. The molecule has 1 N–H and O–H groups in total. The van der Waals surface area contributed by atoms with Gasteiger partial charge in [-0.1, -0.05) is 48.5 Å². The molecule has 1 aliphatic rings. The Morgan fingerprint density at radius 3 is 2.58 bits per heavy atom. The van der Waals surface area contributed by atoms with Crippen molar-refractivity contribution in [3.8, 4) is 11.5 Å². The van der Waals surface area contributed by atoms with Crippen LogP contribution in [0.2, 0.25) is 0 Å². The molecule has 4 aromatic rings. The van der Waals surface area contributed by atoms with Gasteiger partial charge in [0.2, 0.25) is 18.6 Å². The zero-order valence-electron chi connectivity index (χ0n) is 22.0. The van der Waals surface area contributed by atoms with Crippen LogP contribution in [0.5, 0.6) is 11.5 Å². The molecule has 2 heterocycles. The average molecular weight is 514 g/mol. The van der Waals surface area contributed by atoms with Crippen LogP contribution < -0.4 is 19.7 Å². The van der Waals surface area contributed by atoms with Crippen LogP contribution in [0.3, 0.4) is 0 Å². The Labute approximate surface area is 221 Å². The summed E-state index contributed by atoms with van der Waals surface area (Å²) in [6.07, 6.45) is 0.724. The minimum atomic E-state index is -0.940. The van der Waals surface area contributed by atoms with Gasteiger partial charge in [-0.2, -0.15) is 0 Å². The molecule has 3 aromatic carbocycles. The number of nitrogens with zero attached hydrogens (tertiary/aromatic N) is 4. The van der Waals surface area contributed by atoms with Crippen molar-refractivity contribution in [1.29, 1.82) is 0 Å². The molecule has 0 saturated heterocycles. The van der Waals surface area contributed by atoms with Crippen molar-refractivity contribution in [2.75, 3.05) is 11.7 Å². The standard InChI is InChI=1S/C29H31N5O4/c1-5-29(3,4)30-28(36)27(21-11-7-6-10-19(21)2)34(20-14-15-24-25(16-20)38-18-37-24)26(35)17-33-23-13-9-8-12-22(23)31-32-33/h6-16,27H,5,17-18H2,1-4H3,(H,30,36). The molecule has 0 bridgehead atoms. The summed E-state index contributed by atoms with van der Waals surface area (Å²) in [5, 5.41) is 11.6. The molecule has 38 heavy (non-hydrogen) atoms. The number of rotatable bonds is 8. The predicted molar refractivity (Wildman–Crippen MR) is 144 cm³/mol. The molecule has 0 saturated carbocycles. The molecular weight excluding hydrogens is 482 g/mol. The molecule has 5 rings (SSSR count). The lowest BCUT2D eigenvalue weighted by atomic mass is 9.95. The number of ether oxygens (including phenoxy) is 2. The minimum Gasteiger partial charge on any atom is -0.454 e. The topological polar surface area (TPSA) is 98.6 Å². The summed E-state index contributed by atoms with van der Waals surface area (Å²) in [6.45, 7) is 7.88. The monoisotopic (exact) mass is 513 g/mol. The lowest BCUT2D eigenvalue weighted by Gasteiger charge is -2.35. The van der Waals surface area contributed by atoms with Gasteiger partial charge in [0.25, 0.3) is 0 Å². The zero-order chi connectivity index (χ0) is 26.9. The fraction of sp³-hybridized carbons (Fsp3) is 0.310. The van der Waals surface area contributed by atoms with Gasteiger partial charge >= 0.3 is 0 Å². The van der Waals surface area contributed by atoms with E-state index in [0.717, 1.165) is 23.1 Å². The van der Waals surface area contributed by atoms with E-state index in [2.05, 4.69) is 15.6 Å². The molecule has 0 aliphatic carbocycles. The first-order valence-corrected chi connectivity index (χ1v) is 12.6. The summed E-state index contributed by atoms with van der Waals surface area (Å²) >= 11 is 0. The number of anilines is 1. The highest BCUT2D eigenvalue weighted by Crippen LogP contribution is 2.39. The van der Waals surface area contributed by atoms with E-state index in [0.29, 0.717) is 22.7 Å². The van der Waals surface area contributed by atoms with Crippen LogP contribution in [0.1, 0.15) is 44.4 Å².